The van der Waals surface area contributed by atoms with E-state index in [4.69, 9.17) is 23.7 Å². The number of hydrogen-bond donors (Lipinski definition) is 5. The van der Waals surface area contributed by atoms with E-state index in [1.54, 1.807) is 6.92 Å². The number of aliphatic hydroxyl groups is 3. The standard InChI is InChI=1S/C39H52N2O13/c1-17-33(40(6)7)38(4,48)15-25(51-17)54-35-18(2)52-24(14-37(35,3)41(8)9)53-32-28-22(34(47)39(5,49)36(32)50-10)13-21-27(31(28)46)30(45)26-20(29(21)44)11-19(16-42)12-23(26)43/h11-13,17-18,24-25,32-33,35-36,42-43,46,48-49H,14-16H2,1-10H3. The molecule has 6 rings (SSSR count). The Hall–Kier alpha value is -3.35. The van der Waals surface area contributed by atoms with Crippen molar-refractivity contribution in [1.29, 1.82) is 0 Å². The van der Waals surface area contributed by atoms with Gasteiger partial charge < -0.3 is 59.0 Å². The number of phenols is 2. The van der Waals surface area contributed by atoms with Gasteiger partial charge in [0.05, 0.1) is 47.1 Å². The van der Waals surface area contributed by atoms with Crippen LogP contribution in [0.5, 0.6) is 11.5 Å². The average Bonchev–Trinajstić information content (AvgIpc) is 3.06. The molecule has 2 aromatic carbocycles. The highest BCUT2D eigenvalue weighted by Crippen LogP contribution is 2.50. The van der Waals surface area contributed by atoms with Crippen molar-refractivity contribution in [3.8, 4) is 11.5 Å². The maximum Gasteiger partial charge on any atom is 0.201 e. The summed E-state index contributed by atoms with van der Waals surface area (Å²) in [6.45, 7) is 8.16. The maximum absolute atomic E-state index is 13.9. The van der Waals surface area contributed by atoms with Crippen LogP contribution in [0.25, 0.3) is 0 Å². The number of rotatable bonds is 8. The number of methoxy groups -OCH3 is 1. The van der Waals surface area contributed by atoms with Gasteiger partial charge in [0, 0.05) is 42.2 Å². The summed E-state index contributed by atoms with van der Waals surface area (Å²) in [5.74, 6) is -3.82. The molecule has 2 heterocycles. The van der Waals surface area contributed by atoms with Crippen LogP contribution in [0.2, 0.25) is 0 Å². The van der Waals surface area contributed by atoms with Gasteiger partial charge >= 0.3 is 0 Å². The summed E-state index contributed by atoms with van der Waals surface area (Å²) in [6.07, 6.45) is -5.83. The van der Waals surface area contributed by atoms with E-state index in [0.29, 0.717) is 0 Å². The van der Waals surface area contributed by atoms with Crippen LogP contribution in [0.3, 0.4) is 0 Å². The van der Waals surface area contributed by atoms with Crippen LogP contribution in [0.4, 0.5) is 0 Å². The number of aliphatic hydroxyl groups excluding tert-OH is 1. The number of ketones is 3. The third kappa shape index (κ3) is 6.28. The SMILES string of the molecule is COC1C(OC2CC(C)(N(C)C)C(OC3CC(C)(O)C(N(C)C)C(C)O3)C(C)O2)c2c(cc3c(c2O)C(=O)c2c(O)cc(CO)cc2C3=O)C(=O)C1(C)O. The highest BCUT2D eigenvalue weighted by molar-refractivity contribution is 6.31. The summed E-state index contributed by atoms with van der Waals surface area (Å²) in [5.41, 5.74) is -5.70. The van der Waals surface area contributed by atoms with E-state index in [1.807, 2.05) is 58.8 Å². The Kier molecular flexibility index (Phi) is 10.4. The first-order valence-electron chi connectivity index (χ1n) is 18.0. The molecule has 0 bridgehead atoms. The van der Waals surface area contributed by atoms with Crippen molar-refractivity contribution in [2.75, 3.05) is 35.3 Å². The van der Waals surface area contributed by atoms with Crippen molar-refractivity contribution in [3.05, 3.63) is 57.1 Å². The van der Waals surface area contributed by atoms with Gasteiger partial charge in [0.15, 0.2) is 29.7 Å². The predicted octanol–water partition coefficient (Wildman–Crippen LogP) is 2.04. The number of carbonyl (C=O) groups excluding carboxylic acids is 3. The quantitative estimate of drug-likeness (QED) is 0.223. The highest BCUT2D eigenvalue weighted by Gasteiger charge is 2.57. The van der Waals surface area contributed by atoms with E-state index in [1.165, 1.54) is 20.1 Å². The molecule has 15 heteroatoms. The van der Waals surface area contributed by atoms with Gasteiger partial charge in [0.25, 0.3) is 0 Å². The number of hydrogen-bond acceptors (Lipinski definition) is 15. The Labute approximate surface area is 314 Å². The minimum Gasteiger partial charge on any atom is -0.507 e. The van der Waals surface area contributed by atoms with E-state index >= 15 is 0 Å². The predicted molar refractivity (Wildman–Crippen MR) is 192 cm³/mol. The fraction of sp³-hybridized carbons (Fsp3) is 0.615. The summed E-state index contributed by atoms with van der Waals surface area (Å²) < 4.78 is 31.6. The van der Waals surface area contributed by atoms with Crippen molar-refractivity contribution in [2.24, 2.45) is 0 Å². The minimum absolute atomic E-state index is 0.171. The number of Topliss-reactive ketones (excluding diaryl/α,β-unsaturated/α-hetero) is 1. The number of aromatic hydroxyl groups is 2. The molecular weight excluding hydrogens is 704 g/mol. The molecule has 54 heavy (non-hydrogen) atoms. The lowest BCUT2D eigenvalue weighted by molar-refractivity contribution is -0.330. The van der Waals surface area contributed by atoms with E-state index in [-0.39, 0.29) is 58.4 Å². The fourth-order valence-electron chi connectivity index (χ4n) is 9.18. The van der Waals surface area contributed by atoms with Gasteiger partial charge in [-0.25, -0.2) is 0 Å². The van der Waals surface area contributed by atoms with Gasteiger partial charge in [0.1, 0.15) is 29.8 Å². The molecule has 2 aromatic rings. The average molecular weight is 757 g/mol. The second-order valence-electron chi connectivity index (χ2n) is 16.2. The smallest absolute Gasteiger partial charge is 0.201 e. The highest BCUT2D eigenvalue weighted by atomic mass is 16.7. The van der Waals surface area contributed by atoms with Crippen molar-refractivity contribution in [3.63, 3.8) is 0 Å². The van der Waals surface area contributed by atoms with Gasteiger partial charge in [-0.05, 0) is 86.6 Å². The maximum atomic E-state index is 13.9. The summed E-state index contributed by atoms with van der Waals surface area (Å²) in [4.78, 5) is 45.6. The van der Waals surface area contributed by atoms with Crippen LogP contribution in [-0.4, -0.2) is 148 Å². The van der Waals surface area contributed by atoms with Crippen molar-refractivity contribution in [1.82, 2.24) is 9.80 Å². The fourth-order valence-corrected chi connectivity index (χ4v) is 9.18. The largest absolute Gasteiger partial charge is 0.507 e. The van der Waals surface area contributed by atoms with Crippen LogP contribution in [0.15, 0.2) is 18.2 Å². The molecule has 15 nitrogen and oxygen atoms in total. The Bertz CT molecular complexity index is 1860. The van der Waals surface area contributed by atoms with Gasteiger partial charge in [-0.2, -0.15) is 0 Å². The lowest BCUT2D eigenvalue weighted by atomic mass is 9.72. The van der Waals surface area contributed by atoms with Gasteiger partial charge in [-0.3, -0.25) is 14.4 Å². The molecule has 296 valence electrons. The van der Waals surface area contributed by atoms with Crippen LogP contribution >= 0.6 is 0 Å². The first-order chi connectivity index (χ1) is 25.1. The third-order valence-electron chi connectivity index (χ3n) is 11.9. The molecule has 0 aromatic heterocycles. The number of ether oxygens (including phenoxy) is 5. The lowest BCUT2D eigenvalue weighted by Gasteiger charge is -2.54. The molecule has 0 radical (unpaired) electrons. The molecule has 2 fully saturated rings. The first-order valence-corrected chi connectivity index (χ1v) is 18.0. The number of phenolic OH excluding ortho intramolecular Hbond substituents is 2. The molecule has 0 spiro atoms. The summed E-state index contributed by atoms with van der Waals surface area (Å²) >= 11 is 0. The Morgan fingerprint density at radius 2 is 1.43 bits per heavy atom. The zero-order valence-electron chi connectivity index (χ0n) is 32.4. The number of likely N-dealkylation sites (N-methyl/N-ethyl adjacent to an activating group) is 2. The van der Waals surface area contributed by atoms with Gasteiger partial charge in [-0.1, -0.05) is 0 Å². The van der Waals surface area contributed by atoms with Crippen LogP contribution in [0, 0.1) is 0 Å². The Morgan fingerprint density at radius 1 is 0.815 bits per heavy atom. The molecule has 5 N–H and O–H groups in total. The second kappa shape index (κ2) is 14.0. The van der Waals surface area contributed by atoms with E-state index in [2.05, 4.69) is 0 Å². The molecule has 0 saturated carbocycles. The first kappa shape index (κ1) is 40.3. The molecule has 2 aliphatic heterocycles. The third-order valence-corrected chi connectivity index (χ3v) is 11.9. The van der Waals surface area contributed by atoms with Gasteiger partial charge in [0.2, 0.25) is 5.78 Å². The summed E-state index contributed by atoms with van der Waals surface area (Å²) in [5, 5.41) is 55.3. The zero-order chi connectivity index (χ0) is 40.0. The zero-order valence-corrected chi connectivity index (χ0v) is 32.4. The normalized spacial score (nSPS) is 36.7. The summed E-state index contributed by atoms with van der Waals surface area (Å²) in [7, 11) is 8.80. The van der Waals surface area contributed by atoms with Crippen molar-refractivity contribution in [2.45, 2.75) is 120 Å². The second-order valence-corrected chi connectivity index (χ2v) is 16.2. The number of benzene rings is 2. The molecule has 11 unspecified atom stereocenters. The Balaban J connectivity index is 1.37. The van der Waals surface area contributed by atoms with Gasteiger partial charge in [-0.15, -0.1) is 0 Å². The summed E-state index contributed by atoms with van der Waals surface area (Å²) in [6, 6.07) is 3.31. The van der Waals surface area contributed by atoms with Crippen molar-refractivity contribution < 1.29 is 63.6 Å². The molecule has 0 amide bonds. The van der Waals surface area contributed by atoms with Crippen LogP contribution in [0.1, 0.15) is 107 Å². The van der Waals surface area contributed by atoms with Crippen LogP contribution < -0.4 is 0 Å². The number of fused-ring (bicyclic) bond motifs is 3. The van der Waals surface area contributed by atoms with Crippen molar-refractivity contribution >= 4 is 17.3 Å². The lowest BCUT2D eigenvalue weighted by Crippen LogP contribution is -2.66. The minimum atomic E-state index is -2.22. The number of carbonyl (C=O) groups is 3. The van der Waals surface area contributed by atoms with Crippen LogP contribution in [-0.2, 0) is 30.3 Å². The molecule has 2 saturated heterocycles. The van der Waals surface area contributed by atoms with E-state index in [0.717, 1.165) is 12.1 Å². The topological polar surface area (TPSA) is 205 Å². The molecular formula is C39H52N2O13. The van der Waals surface area contributed by atoms with E-state index in [9.17, 15) is 39.9 Å². The molecule has 4 aliphatic rings. The van der Waals surface area contributed by atoms with E-state index < -0.39 is 94.8 Å². The monoisotopic (exact) mass is 756 g/mol. The molecule has 11 atom stereocenters. The molecule has 2 aliphatic carbocycles. The Morgan fingerprint density at radius 3 is 2.00 bits per heavy atom. The number of nitrogens with zero attached hydrogens (tertiary/aromatic N) is 2.